The summed E-state index contributed by atoms with van der Waals surface area (Å²) < 4.78 is 59.2. The number of rotatable bonds is 1. The van der Waals surface area contributed by atoms with Crippen LogP contribution in [0.1, 0.15) is 0 Å². The van der Waals surface area contributed by atoms with Gasteiger partial charge < -0.3 is 11.5 Å². The molecule has 11 heteroatoms. The molecule has 3 aromatic rings. The van der Waals surface area contributed by atoms with Gasteiger partial charge >= 0.3 is 60.0 Å². The number of nitrogen functional groups attached to an aromatic ring is 2. The van der Waals surface area contributed by atoms with Crippen molar-refractivity contribution in [2.24, 2.45) is 0 Å². The van der Waals surface area contributed by atoms with Crippen LogP contribution >= 0.6 is 17.5 Å². The van der Waals surface area contributed by atoms with Gasteiger partial charge in [-0.05, 0) is 23.3 Å². The van der Waals surface area contributed by atoms with Crippen LogP contribution < -0.4 is 11.5 Å². The van der Waals surface area contributed by atoms with E-state index < -0.39 is 7.81 Å². The third-order valence-electron chi connectivity index (χ3n) is 2.88. The van der Waals surface area contributed by atoms with Crippen molar-refractivity contribution >= 4 is 28.9 Å². The van der Waals surface area contributed by atoms with E-state index >= 15 is 0 Å². The van der Waals surface area contributed by atoms with Crippen LogP contribution in [-0.2, 0) is 17.3 Å². The Bertz CT molecular complexity index is 781. The molecule has 0 atom stereocenters. The first-order chi connectivity index (χ1) is 13.2. The number of para-hydroxylation sites is 2. The van der Waals surface area contributed by atoms with E-state index in [1.54, 1.807) is 12.1 Å². The van der Waals surface area contributed by atoms with Crippen molar-refractivity contribution in [2.75, 3.05) is 11.5 Å². The van der Waals surface area contributed by atoms with E-state index in [2.05, 4.69) is 58.2 Å². The molecule has 0 saturated carbocycles. The van der Waals surface area contributed by atoms with Gasteiger partial charge in [-0.2, -0.15) is 0 Å². The molecule has 0 amide bonds. The van der Waals surface area contributed by atoms with Gasteiger partial charge in [-0.3, -0.25) is 0 Å². The smallest absolute Gasteiger partial charge is 0.0184 e. The van der Waals surface area contributed by atoms with Crippen LogP contribution in [0.25, 0.3) is 11.1 Å². The van der Waals surface area contributed by atoms with Crippen molar-refractivity contribution < 1.29 is 42.5 Å². The maximum Gasteiger partial charge on any atom is -0.0184 e. The summed E-state index contributed by atoms with van der Waals surface area (Å²) in [5.74, 6) is 0. The molecule has 3 rings (SSSR count). The number of hydrogen-bond donors (Lipinski definition) is 2. The summed E-state index contributed by atoms with van der Waals surface area (Å²) in [6, 6.07) is 28.0. The van der Waals surface area contributed by atoms with Crippen LogP contribution in [0.2, 0.25) is 0 Å². The molecular formula is C18H18ClF6N2PRu-. The first kappa shape index (κ1) is 27.2. The summed E-state index contributed by atoms with van der Waals surface area (Å²) in [6.07, 6.45) is 0. The number of benzene rings is 3. The second-order valence-electron chi connectivity index (χ2n) is 5.32. The van der Waals surface area contributed by atoms with E-state index in [1.807, 2.05) is 41.6 Å². The minimum absolute atomic E-state index is 0.646. The third kappa shape index (κ3) is 18.0. The quantitative estimate of drug-likeness (QED) is 0.140. The first-order valence-corrected chi connectivity index (χ1v) is 11.9. The Morgan fingerprint density at radius 1 is 0.517 bits per heavy atom. The van der Waals surface area contributed by atoms with Crippen LogP contribution in [0.3, 0.4) is 0 Å². The molecule has 0 aliphatic carbocycles. The Hall–Kier alpha value is -1.82. The minimum Gasteiger partial charge on any atom is -0.0622 e. The standard InChI is InChI=1S/C12H10.C6H8N2.ClH.F6P.Ru/c1-3-7-11(8-4-1)12-9-5-2-6-10-12;7-5-3-1-2-4-6(5)8;;1-7(2,3,4,5)6;/h1-10H;1-4H,7-8H2;1H;;/q;;;-1;+1/p-1. The van der Waals surface area contributed by atoms with E-state index in [9.17, 15) is 25.2 Å². The van der Waals surface area contributed by atoms with Gasteiger partial charge in [0.1, 0.15) is 0 Å². The molecule has 0 aliphatic heterocycles. The second-order valence-corrected chi connectivity index (χ2v) is 7.24. The van der Waals surface area contributed by atoms with E-state index in [-0.39, 0.29) is 0 Å². The van der Waals surface area contributed by atoms with Crippen molar-refractivity contribution in [2.45, 2.75) is 0 Å². The summed E-state index contributed by atoms with van der Waals surface area (Å²) in [6.45, 7) is 0. The molecule has 0 unspecified atom stereocenters. The van der Waals surface area contributed by atoms with Crippen molar-refractivity contribution in [3.05, 3.63) is 84.9 Å². The van der Waals surface area contributed by atoms with E-state index in [0.29, 0.717) is 11.4 Å². The fourth-order valence-electron chi connectivity index (χ4n) is 1.77. The van der Waals surface area contributed by atoms with Crippen LogP contribution in [-0.4, -0.2) is 0 Å². The molecule has 2 nitrogen and oxygen atoms in total. The first-order valence-electron chi connectivity index (χ1n) is 7.62. The molecule has 0 saturated heterocycles. The Morgan fingerprint density at radius 3 is 0.931 bits per heavy atom. The van der Waals surface area contributed by atoms with Crippen LogP contribution in [0.5, 0.6) is 0 Å². The average Bonchev–Trinajstić information content (AvgIpc) is 2.65. The molecule has 0 aromatic heterocycles. The van der Waals surface area contributed by atoms with Gasteiger partial charge in [-0.25, -0.2) is 0 Å². The predicted molar refractivity (Wildman–Crippen MR) is 107 cm³/mol. The summed E-state index contributed by atoms with van der Waals surface area (Å²) >= 11 is 1.82. The number of anilines is 2. The molecule has 0 spiro atoms. The van der Waals surface area contributed by atoms with E-state index in [0.717, 1.165) is 0 Å². The summed E-state index contributed by atoms with van der Waals surface area (Å²) in [4.78, 5) is 0. The van der Waals surface area contributed by atoms with Crippen LogP contribution in [0.15, 0.2) is 84.9 Å². The van der Waals surface area contributed by atoms with Gasteiger partial charge in [0.15, 0.2) is 0 Å². The van der Waals surface area contributed by atoms with Gasteiger partial charge in [-0.15, -0.1) is 0 Å². The molecule has 29 heavy (non-hydrogen) atoms. The van der Waals surface area contributed by atoms with Gasteiger partial charge in [0.25, 0.3) is 0 Å². The Morgan fingerprint density at radius 2 is 0.724 bits per heavy atom. The fraction of sp³-hybridized carbons (Fsp3) is 0. The van der Waals surface area contributed by atoms with Crippen molar-refractivity contribution in [1.82, 2.24) is 0 Å². The van der Waals surface area contributed by atoms with Gasteiger partial charge in [0.2, 0.25) is 0 Å². The largest absolute Gasteiger partial charge is 0.0622 e. The van der Waals surface area contributed by atoms with Crippen molar-refractivity contribution in [1.29, 1.82) is 0 Å². The molecular weight excluding hydrogens is 526 g/mol. The zero-order valence-electron chi connectivity index (χ0n) is 14.7. The zero-order chi connectivity index (χ0) is 22.6. The maximum atomic E-state index is 9.87. The molecule has 3 aromatic carbocycles. The van der Waals surface area contributed by atoms with Crippen molar-refractivity contribution in [3.8, 4) is 11.1 Å². The fourth-order valence-corrected chi connectivity index (χ4v) is 1.77. The Labute approximate surface area is 178 Å². The summed E-state index contributed by atoms with van der Waals surface area (Å²) in [5, 5.41) is 0. The zero-order valence-corrected chi connectivity index (χ0v) is 18.1. The SMILES string of the molecule is F[P-](F)(F)(F)(F)F.Nc1ccccc1N.[Cl][Ru].c1ccc(-c2ccccc2)cc1. The summed E-state index contributed by atoms with van der Waals surface area (Å²) in [7, 11) is -6.09. The van der Waals surface area contributed by atoms with Gasteiger partial charge in [0, 0.05) is 0 Å². The predicted octanol–water partition coefficient (Wildman–Crippen LogP) is 8.27. The number of halogens is 7. The Balaban J connectivity index is 0.000000408. The van der Waals surface area contributed by atoms with Crippen LogP contribution in [0, 0.1) is 0 Å². The monoisotopic (exact) mass is 544 g/mol. The summed E-state index contributed by atoms with van der Waals surface area (Å²) in [5.41, 5.74) is 14.6. The van der Waals surface area contributed by atoms with Crippen LogP contribution in [0.4, 0.5) is 36.6 Å². The second kappa shape index (κ2) is 10.8. The minimum atomic E-state index is -10.7. The molecule has 0 heterocycles. The molecule has 0 fully saturated rings. The maximum absolute atomic E-state index is 10.7. The van der Waals surface area contributed by atoms with E-state index in [1.165, 1.54) is 11.1 Å². The molecule has 0 bridgehead atoms. The number of nitrogens with two attached hydrogens (primary N) is 2. The average molecular weight is 544 g/mol. The molecule has 0 radical (unpaired) electrons. The van der Waals surface area contributed by atoms with Crippen molar-refractivity contribution in [3.63, 3.8) is 0 Å². The number of hydrogen-bond acceptors (Lipinski definition) is 2. The third-order valence-corrected chi connectivity index (χ3v) is 2.88. The Kier molecular flexibility index (Phi) is 10.1. The molecule has 4 N–H and O–H groups in total. The van der Waals surface area contributed by atoms with E-state index in [4.69, 9.17) is 11.5 Å². The van der Waals surface area contributed by atoms with Gasteiger partial charge in [-0.1, -0.05) is 72.8 Å². The normalized spacial score (nSPS) is 12.3. The van der Waals surface area contributed by atoms with Gasteiger partial charge in [0.05, 0.1) is 11.4 Å². The topological polar surface area (TPSA) is 52.0 Å². The molecule has 163 valence electrons. The molecule has 0 aliphatic rings.